The van der Waals surface area contributed by atoms with Crippen LogP contribution >= 0.6 is 0 Å². The van der Waals surface area contributed by atoms with E-state index in [-0.39, 0.29) is 6.03 Å². The lowest BCUT2D eigenvalue weighted by Crippen LogP contribution is -2.34. The third-order valence-electron chi connectivity index (χ3n) is 5.96. The van der Waals surface area contributed by atoms with Crippen LogP contribution in [0.5, 0.6) is 11.5 Å². The minimum atomic E-state index is -0.161. The Morgan fingerprint density at radius 3 is 1.97 bits per heavy atom. The summed E-state index contributed by atoms with van der Waals surface area (Å²) in [6.45, 7) is 3.47. The molecule has 36 heavy (non-hydrogen) atoms. The Morgan fingerprint density at radius 2 is 1.33 bits per heavy atom. The highest BCUT2D eigenvalue weighted by Crippen LogP contribution is 2.29. The number of nitrogens with one attached hydrogen (secondary N) is 1. The van der Waals surface area contributed by atoms with Crippen molar-refractivity contribution in [3.63, 3.8) is 0 Å². The van der Waals surface area contributed by atoms with Crippen LogP contribution in [0.1, 0.15) is 29.2 Å². The van der Waals surface area contributed by atoms with E-state index >= 15 is 0 Å². The topological polar surface area (TPSA) is 50.8 Å². The number of anilines is 1. The zero-order valence-corrected chi connectivity index (χ0v) is 20.8. The number of benzene rings is 4. The van der Waals surface area contributed by atoms with Crippen LogP contribution in [0.3, 0.4) is 0 Å². The van der Waals surface area contributed by atoms with Gasteiger partial charge in [-0.2, -0.15) is 0 Å². The Morgan fingerprint density at radius 1 is 0.722 bits per heavy atom. The van der Waals surface area contributed by atoms with Gasteiger partial charge < -0.3 is 19.7 Å². The van der Waals surface area contributed by atoms with E-state index in [0.717, 1.165) is 28.8 Å². The fourth-order valence-corrected chi connectivity index (χ4v) is 3.91. The highest BCUT2D eigenvalue weighted by Gasteiger charge is 2.17. The molecule has 0 aliphatic rings. The minimum absolute atomic E-state index is 0.161. The van der Waals surface area contributed by atoms with E-state index in [1.54, 1.807) is 12.0 Å². The third kappa shape index (κ3) is 6.89. The average molecular weight is 481 g/mol. The number of nitrogens with zero attached hydrogens (tertiary/aromatic N) is 1. The second kappa shape index (κ2) is 12.5. The molecule has 4 rings (SSSR count). The van der Waals surface area contributed by atoms with Crippen molar-refractivity contribution in [2.24, 2.45) is 0 Å². The summed E-state index contributed by atoms with van der Waals surface area (Å²) in [4.78, 5) is 15.1. The largest absolute Gasteiger partial charge is 0.493 e. The molecule has 1 N–H and O–H groups in total. The zero-order valence-electron chi connectivity index (χ0n) is 20.8. The van der Waals surface area contributed by atoms with E-state index in [4.69, 9.17) is 9.47 Å². The quantitative estimate of drug-likeness (QED) is 0.264. The molecular formula is C31H32N2O3. The molecule has 5 heteroatoms. The first-order valence-corrected chi connectivity index (χ1v) is 12.2. The van der Waals surface area contributed by atoms with E-state index < -0.39 is 0 Å². The molecule has 0 aromatic heterocycles. The van der Waals surface area contributed by atoms with Crippen molar-refractivity contribution in [3.8, 4) is 11.5 Å². The van der Waals surface area contributed by atoms with Crippen molar-refractivity contribution in [1.82, 2.24) is 4.90 Å². The van der Waals surface area contributed by atoms with Gasteiger partial charge in [-0.25, -0.2) is 4.79 Å². The summed E-state index contributed by atoms with van der Waals surface area (Å²) in [7, 11) is 1.63. The van der Waals surface area contributed by atoms with E-state index in [9.17, 15) is 4.79 Å². The summed E-state index contributed by atoms with van der Waals surface area (Å²) in [5, 5.41) is 3.04. The van der Waals surface area contributed by atoms with E-state index in [0.29, 0.717) is 31.2 Å². The first kappa shape index (κ1) is 24.9. The molecule has 0 bridgehead atoms. The molecule has 4 aromatic carbocycles. The summed E-state index contributed by atoms with van der Waals surface area (Å²) in [6, 6.07) is 33.6. The normalized spacial score (nSPS) is 10.5. The zero-order chi connectivity index (χ0) is 25.2. The molecule has 0 unspecified atom stereocenters. The molecule has 4 aromatic rings. The number of hydrogen-bond donors (Lipinski definition) is 1. The molecule has 0 radical (unpaired) electrons. The molecule has 0 aliphatic heterocycles. The number of urea groups is 1. The number of hydrogen-bond acceptors (Lipinski definition) is 3. The number of ether oxygens (including phenoxy) is 2. The van der Waals surface area contributed by atoms with Crippen LogP contribution in [-0.2, 0) is 26.1 Å². The fourth-order valence-electron chi connectivity index (χ4n) is 3.91. The Kier molecular flexibility index (Phi) is 8.60. The van der Waals surface area contributed by atoms with Gasteiger partial charge >= 0.3 is 6.03 Å². The van der Waals surface area contributed by atoms with Gasteiger partial charge in [-0.1, -0.05) is 85.8 Å². The number of rotatable bonds is 10. The Labute approximate surface area is 213 Å². The lowest BCUT2D eigenvalue weighted by Gasteiger charge is -2.24. The number of amides is 2. The molecule has 2 amide bonds. The van der Waals surface area contributed by atoms with Gasteiger partial charge in [-0.3, -0.25) is 0 Å². The van der Waals surface area contributed by atoms with Crippen LogP contribution in [0.15, 0.2) is 103 Å². The van der Waals surface area contributed by atoms with Crippen molar-refractivity contribution in [2.75, 3.05) is 12.4 Å². The van der Waals surface area contributed by atoms with Crippen LogP contribution in [0.25, 0.3) is 0 Å². The Balaban J connectivity index is 1.50. The number of carbonyl (C=O) groups is 1. The maximum Gasteiger partial charge on any atom is 0.322 e. The Bertz CT molecular complexity index is 1240. The van der Waals surface area contributed by atoms with Crippen molar-refractivity contribution >= 4 is 11.7 Å². The van der Waals surface area contributed by atoms with Gasteiger partial charge in [0.2, 0.25) is 0 Å². The minimum Gasteiger partial charge on any atom is -0.493 e. The molecule has 0 aliphatic carbocycles. The van der Waals surface area contributed by atoms with Crippen LogP contribution < -0.4 is 14.8 Å². The first-order valence-electron chi connectivity index (χ1n) is 12.2. The monoisotopic (exact) mass is 480 g/mol. The SMILES string of the molecule is CCc1ccc(NC(=O)N(Cc2ccccc2)Cc2ccc(OCc3ccccc3)c(OC)c2)cc1. The summed E-state index contributed by atoms with van der Waals surface area (Å²) in [6.07, 6.45) is 0.960. The molecule has 0 fully saturated rings. The molecule has 0 saturated carbocycles. The van der Waals surface area contributed by atoms with Gasteiger partial charge in [0.25, 0.3) is 0 Å². The van der Waals surface area contributed by atoms with Gasteiger partial charge in [0.1, 0.15) is 6.61 Å². The number of aryl methyl sites for hydroxylation is 1. The highest BCUT2D eigenvalue weighted by molar-refractivity contribution is 5.89. The van der Waals surface area contributed by atoms with Crippen LogP contribution in [0.4, 0.5) is 10.5 Å². The summed E-state index contributed by atoms with van der Waals surface area (Å²) < 4.78 is 11.6. The second-order valence-electron chi connectivity index (χ2n) is 8.58. The highest BCUT2D eigenvalue weighted by atomic mass is 16.5. The molecule has 184 valence electrons. The van der Waals surface area contributed by atoms with Gasteiger partial charge in [0.05, 0.1) is 7.11 Å². The molecule has 0 heterocycles. The van der Waals surface area contributed by atoms with Crippen LogP contribution in [0.2, 0.25) is 0 Å². The lowest BCUT2D eigenvalue weighted by atomic mass is 10.1. The van der Waals surface area contributed by atoms with Crippen LogP contribution in [0, 0.1) is 0 Å². The predicted molar refractivity (Wildman–Crippen MR) is 144 cm³/mol. The van der Waals surface area contributed by atoms with Gasteiger partial charge in [-0.15, -0.1) is 0 Å². The van der Waals surface area contributed by atoms with E-state index in [1.165, 1.54) is 5.56 Å². The van der Waals surface area contributed by atoms with Gasteiger partial charge in [0, 0.05) is 18.8 Å². The van der Waals surface area contributed by atoms with Crippen molar-refractivity contribution < 1.29 is 14.3 Å². The van der Waals surface area contributed by atoms with Crippen molar-refractivity contribution in [2.45, 2.75) is 33.0 Å². The number of carbonyl (C=O) groups excluding carboxylic acids is 1. The van der Waals surface area contributed by atoms with Gasteiger partial charge in [0.15, 0.2) is 11.5 Å². The second-order valence-corrected chi connectivity index (χ2v) is 8.58. The maximum absolute atomic E-state index is 13.3. The summed E-state index contributed by atoms with van der Waals surface area (Å²) in [5.41, 5.74) is 5.10. The maximum atomic E-state index is 13.3. The smallest absolute Gasteiger partial charge is 0.322 e. The standard InChI is InChI=1S/C31H32N2O3/c1-3-24-14-17-28(18-15-24)32-31(34)33(21-25-10-6-4-7-11-25)22-27-16-19-29(30(20-27)35-2)36-23-26-12-8-5-9-13-26/h4-20H,3,21-23H2,1-2H3,(H,32,34). The lowest BCUT2D eigenvalue weighted by molar-refractivity contribution is 0.206. The molecular weight excluding hydrogens is 448 g/mol. The Hall–Kier alpha value is -4.25. The third-order valence-corrected chi connectivity index (χ3v) is 5.96. The first-order chi connectivity index (χ1) is 17.6. The van der Waals surface area contributed by atoms with E-state index in [2.05, 4.69) is 12.2 Å². The predicted octanol–water partition coefficient (Wildman–Crippen LogP) is 7.07. The molecule has 5 nitrogen and oxygen atoms in total. The van der Waals surface area contributed by atoms with Gasteiger partial charge in [-0.05, 0) is 52.9 Å². The molecule has 0 spiro atoms. The van der Waals surface area contributed by atoms with Crippen molar-refractivity contribution in [1.29, 1.82) is 0 Å². The summed E-state index contributed by atoms with van der Waals surface area (Å²) in [5.74, 6) is 1.30. The fraction of sp³-hybridized carbons (Fsp3) is 0.194. The molecule has 0 saturated heterocycles. The van der Waals surface area contributed by atoms with Crippen molar-refractivity contribution in [3.05, 3.63) is 125 Å². The average Bonchev–Trinajstić information content (AvgIpc) is 2.93. The summed E-state index contributed by atoms with van der Waals surface area (Å²) >= 11 is 0. The number of methoxy groups -OCH3 is 1. The van der Waals surface area contributed by atoms with Crippen LogP contribution in [-0.4, -0.2) is 18.0 Å². The van der Waals surface area contributed by atoms with E-state index in [1.807, 2.05) is 103 Å². The molecule has 0 atom stereocenters.